The maximum absolute atomic E-state index is 12.6. The van der Waals surface area contributed by atoms with Crippen LogP contribution in [0.15, 0.2) is 30.3 Å². The van der Waals surface area contributed by atoms with Crippen LogP contribution in [0.1, 0.15) is 11.5 Å². The maximum atomic E-state index is 12.6. The molecule has 0 spiro atoms. The fraction of sp³-hybridized carbons (Fsp3) is 0.429. The number of carbonyl (C=O) groups excluding carboxylic acids is 1. The molecule has 1 rings (SSSR count). The molecule has 1 unspecified atom stereocenters. The Labute approximate surface area is 124 Å². The van der Waals surface area contributed by atoms with Gasteiger partial charge in [-0.25, -0.2) is 0 Å². The molecular weight excluding hydrogens is 276 g/mol. The first-order valence-electron chi connectivity index (χ1n) is 6.34. The van der Waals surface area contributed by atoms with Crippen LogP contribution >= 0.6 is 12.2 Å². The van der Waals surface area contributed by atoms with Crippen LogP contribution in [0.5, 0.6) is 0 Å². The SMILES string of the molecule is COCCN(CCO)C(=O)C(C(N)=S)c1ccccc1. The van der Waals surface area contributed by atoms with E-state index < -0.39 is 5.92 Å². The quantitative estimate of drug-likeness (QED) is 0.684. The number of hydrogen-bond acceptors (Lipinski definition) is 4. The minimum atomic E-state index is -0.672. The smallest absolute Gasteiger partial charge is 0.237 e. The second-order valence-electron chi connectivity index (χ2n) is 4.29. The third kappa shape index (κ3) is 4.56. The molecule has 0 saturated carbocycles. The van der Waals surface area contributed by atoms with E-state index in [2.05, 4.69) is 0 Å². The van der Waals surface area contributed by atoms with Crippen LogP contribution in [0.4, 0.5) is 0 Å². The number of methoxy groups -OCH3 is 1. The van der Waals surface area contributed by atoms with Crippen molar-refractivity contribution in [2.75, 3.05) is 33.4 Å². The normalized spacial score (nSPS) is 11.9. The summed E-state index contributed by atoms with van der Waals surface area (Å²) in [5.74, 6) is -0.885. The molecule has 0 aliphatic heterocycles. The molecule has 1 amide bonds. The van der Waals surface area contributed by atoms with Crippen molar-refractivity contribution >= 4 is 23.1 Å². The predicted octanol–water partition coefficient (Wildman–Crippen LogP) is 0.524. The van der Waals surface area contributed by atoms with Gasteiger partial charge in [-0.1, -0.05) is 42.5 Å². The van der Waals surface area contributed by atoms with Crippen LogP contribution in [0.3, 0.4) is 0 Å². The molecule has 0 saturated heterocycles. The zero-order chi connectivity index (χ0) is 15.0. The van der Waals surface area contributed by atoms with Crippen molar-refractivity contribution in [3.8, 4) is 0 Å². The molecule has 1 aromatic carbocycles. The van der Waals surface area contributed by atoms with Crippen LogP contribution in [0.2, 0.25) is 0 Å². The van der Waals surface area contributed by atoms with Crippen molar-refractivity contribution in [1.29, 1.82) is 0 Å². The minimum Gasteiger partial charge on any atom is -0.395 e. The van der Waals surface area contributed by atoms with Crippen molar-refractivity contribution in [2.45, 2.75) is 5.92 Å². The van der Waals surface area contributed by atoms with E-state index in [9.17, 15) is 4.79 Å². The summed E-state index contributed by atoms with van der Waals surface area (Å²) < 4.78 is 4.98. The Morgan fingerprint density at radius 1 is 1.40 bits per heavy atom. The van der Waals surface area contributed by atoms with Crippen molar-refractivity contribution < 1.29 is 14.6 Å². The van der Waals surface area contributed by atoms with Gasteiger partial charge >= 0.3 is 0 Å². The number of rotatable bonds is 8. The third-order valence-corrected chi connectivity index (χ3v) is 3.15. The van der Waals surface area contributed by atoms with Crippen molar-refractivity contribution in [2.24, 2.45) is 5.73 Å². The summed E-state index contributed by atoms with van der Waals surface area (Å²) >= 11 is 5.03. The molecule has 6 heteroatoms. The largest absolute Gasteiger partial charge is 0.395 e. The Bertz CT molecular complexity index is 439. The van der Waals surface area contributed by atoms with Crippen molar-refractivity contribution in [3.63, 3.8) is 0 Å². The number of carbonyl (C=O) groups is 1. The van der Waals surface area contributed by atoms with Gasteiger partial charge in [0.15, 0.2) is 0 Å². The fourth-order valence-corrected chi connectivity index (χ4v) is 2.15. The first-order valence-corrected chi connectivity index (χ1v) is 6.75. The third-order valence-electron chi connectivity index (χ3n) is 2.91. The van der Waals surface area contributed by atoms with E-state index in [0.717, 1.165) is 5.56 Å². The van der Waals surface area contributed by atoms with Gasteiger partial charge in [-0.2, -0.15) is 0 Å². The monoisotopic (exact) mass is 296 g/mol. The zero-order valence-electron chi connectivity index (χ0n) is 11.5. The number of aliphatic hydroxyl groups is 1. The number of ether oxygens (including phenoxy) is 1. The van der Waals surface area contributed by atoms with Gasteiger partial charge in [0, 0.05) is 20.2 Å². The van der Waals surface area contributed by atoms with Crippen molar-refractivity contribution in [1.82, 2.24) is 4.90 Å². The van der Waals surface area contributed by atoms with Gasteiger partial charge in [-0.15, -0.1) is 0 Å². The van der Waals surface area contributed by atoms with E-state index in [-0.39, 0.29) is 24.0 Å². The van der Waals surface area contributed by atoms with Crippen LogP contribution in [0, 0.1) is 0 Å². The summed E-state index contributed by atoms with van der Waals surface area (Å²) in [4.78, 5) is 14.2. The van der Waals surface area contributed by atoms with E-state index in [0.29, 0.717) is 13.2 Å². The lowest BCUT2D eigenvalue weighted by Gasteiger charge is -2.26. The molecule has 1 atom stereocenters. The zero-order valence-corrected chi connectivity index (χ0v) is 12.3. The highest BCUT2D eigenvalue weighted by atomic mass is 32.1. The minimum absolute atomic E-state index is 0.117. The van der Waals surface area contributed by atoms with E-state index in [4.69, 9.17) is 27.8 Å². The van der Waals surface area contributed by atoms with Gasteiger partial charge in [0.2, 0.25) is 5.91 Å². The van der Waals surface area contributed by atoms with Crippen LogP contribution in [-0.4, -0.2) is 54.3 Å². The number of hydrogen-bond donors (Lipinski definition) is 2. The Morgan fingerprint density at radius 3 is 2.55 bits per heavy atom. The molecule has 0 heterocycles. The summed E-state index contributed by atoms with van der Waals surface area (Å²) in [6.07, 6.45) is 0. The molecule has 0 fully saturated rings. The first-order chi connectivity index (χ1) is 9.61. The summed E-state index contributed by atoms with van der Waals surface area (Å²) in [7, 11) is 1.56. The molecule has 110 valence electrons. The summed E-state index contributed by atoms with van der Waals surface area (Å²) in [6.45, 7) is 0.898. The molecule has 0 radical (unpaired) electrons. The van der Waals surface area contributed by atoms with Gasteiger partial charge in [0.25, 0.3) is 0 Å². The Hall–Kier alpha value is -1.50. The van der Waals surface area contributed by atoms with Crippen LogP contribution in [0.25, 0.3) is 0 Å². The molecule has 0 aliphatic carbocycles. The van der Waals surface area contributed by atoms with Gasteiger partial charge in [-0.05, 0) is 5.56 Å². The molecule has 3 N–H and O–H groups in total. The first kappa shape index (κ1) is 16.6. The Morgan fingerprint density at radius 2 is 2.05 bits per heavy atom. The molecule has 1 aromatic rings. The van der Waals surface area contributed by atoms with E-state index in [1.807, 2.05) is 30.3 Å². The van der Waals surface area contributed by atoms with Crippen LogP contribution < -0.4 is 5.73 Å². The molecule has 0 aliphatic rings. The standard InChI is InChI=1S/C14H20N2O3S/c1-19-10-8-16(7-9-17)14(18)12(13(15)20)11-5-3-2-4-6-11/h2-6,12,17H,7-10H2,1H3,(H2,15,20). The molecule has 20 heavy (non-hydrogen) atoms. The Balaban J connectivity index is 2.94. The lowest BCUT2D eigenvalue weighted by atomic mass is 9.97. The predicted molar refractivity (Wildman–Crippen MR) is 81.5 cm³/mol. The van der Waals surface area contributed by atoms with Crippen molar-refractivity contribution in [3.05, 3.63) is 35.9 Å². The average molecular weight is 296 g/mol. The Kier molecular flexibility index (Phi) is 7.14. The number of nitrogens with two attached hydrogens (primary N) is 1. The van der Waals surface area contributed by atoms with Gasteiger partial charge in [-0.3, -0.25) is 4.79 Å². The summed E-state index contributed by atoms with van der Waals surface area (Å²) in [6, 6.07) is 9.16. The summed E-state index contributed by atoms with van der Waals surface area (Å²) in [5.41, 5.74) is 6.48. The highest BCUT2D eigenvalue weighted by molar-refractivity contribution is 7.80. The molecule has 0 aromatic heterocycles. The van der Waals surface area contributed by atoms with Gasteiger partial charge < -0.3 is 20.5 Å². The lowest BCUT2D eigenvalue weighted by Crippen LogP contribution is -2.42. The van der Waals surface area contributed by atoms with E-state index in [1.165, 1.54) is 4.90 Å². The number of aliphatic hydroxyl groups excluding tert-OH is 1. The number of benzene rings is 1. The highest BCUT2D eigenvalue weighted by Gasteiger charge is 2.27. The highest BCUT2D eigenvalue weighted by Crippen LogP contribution is 2.19. The molecule has 5 nitrogen and oxygen atoms in total. The fourth-order valence-electron chi connectivity index (χ4n) is 1.91. The topological polar surface area (TPSA) is 75.8 Å². The number of thiocarbonyl (C=S) groups is 1. The van der Waals surface area contributed by atoms with E-state index >= 15 is 0 Å². The summed E-state index contributed by atoms with van der Waals surface area (Å²) in [5, 5.41) is 9.08. The lowest BCUT2D eigenvalue weighted by molar-refractivity contribution is -0.132. The van der Waals surface area contributed by atoms with Gasteiger partial charge in [0.05, 0.1) is 18.2 Å². The van der Waals surface area contributed by atoms with Crippen LogP contribution in [-0.2, 0) is 9.53 Å². The number of amides is 1. The maximum Gasteiger partial charge on any atom is 0.237 e. The van der Waals surface area contributed by atoms with Gasteiger partial charge in [0.1, 0.15) is 5.92 Å². The van der Waals surface area contributed by atoms with E-state index in [1.54, 1.807) is 7.11 Å². The average Bonchev–Trinajstić information content (AvgIpc) is 2.44. The number of nitrogens with zero attached hydrogens (tertiary/aromatic N) is 1. The molecular formula is C14H20N2O3S. The second-order valence-corrected chi connectivity index (χ2v) is 4.76. The second kappa shape index (κ2) is 8.63. The molecule has 0 bridgehead atoms.